The molecule has 1 fully saturated rings. The van der Waals surface area contributed by atoms with Crippen molar-refractivity contribution in [2.24, 2.45) is 12.5 Å². The van der Waals surface area contributed by atoms with E-state index >= 15 is 0 Å². The zero-order valence-electron chi connectivity index (χ0n) is 13.2. The van der Waals surface area contributed by atoms with Crippen molar-refractivity contribution < 1.29 is 4.79 Å². The predicted molar refractivity (Wildman–Crippen MR) is 88.2 cm³/mol. The quantitative estimate of drug-likeness (QED) is 0.726. The predicted octanol–water partition coefficient (Wildman–Crippen LogP) is 2.65. The number of hydrogen-bond acceptors (Lipinski definition) is 5. The number of aromatic nitrogens is 4. The molecule has 4 heterocycles. The highest BCUT2D eigenvalue weighted by Gasteiger charge is 2.49. The topological polar surface area (TPSA) is 63.9 Å². The Kier molecular flexibility index (Phi) is 3.02. The maximum absolute atomic E-state index is 12.9. The van der Waals surface area contributed by atoms with Crippen molar-refractivity contribution in [2.75, 3.05) is 6.54 Å². The number of hydrogen-bond donors (Lipinski definition) is 0. The fourth-order valence-electron chi connectivity index (χ4n) is 3.31. The number of carbonyl (C=O) groups excluding carboxylic acids is 1. The van der Waals surface area contributed by atoms with Gasteiger partial charge in [0.25, 0.3) is 5.91 Å². The molecule has 1 aliphatic heterocycles. The van der Waals surface area contributed by atoms with Gasteiger partial charge in [0.15, 0.2) is 5.65 Å². The van der Waals surface area contributed by atoms with Gasteiger partial charge in [0.1, 0.15) is 5.52 Å². The number of likely N-dealkylation sites (tertiary alicyclic amines) is 1. The summed E-state index contributed by atoms with van der Waals surface area (Å²) in [6.07, 6.45) is 1.62. The molecule has 0 spiro atoms. The number of carbonyl (C=O) groups is 1. The number of nitrogens with zero attached hydrogens (tertiary/aromatic N) is 5. The van der Waals surface area contributed by atoms with Gasteiger partial charge in [0.05, 0.1) is 11.6 Å². The van der Waals surface area contributed by atoms with Crippen LogP contribution in [0.4, 0.5) is 0 Å². The number of rotatable bonds is 2. The van der Waals surface area contributed by atoms with Crippen LogP contribution in [-0.4, -0.2) is 37.3 Å². The fraction of sp³-hybridized carbons (Fsp3) is 0.375. The first-order valence-electron chi connectivity index (χ1n) is 7.47. The summed E-state index contributed by atoms with van der Waals surface area (Å²) in [5, 5.41) is 10.0. The van der Waals surface area contributed by atoms with Crippen molar-refractivity contribution in [3.63, 3.8) is 0 Å². The van der Waals surface area contributed by atoms with E-state index in [0.29, 0.717) is 16.7 Å². The van der Waals surface area contributed by atoms with E-state index in [1.807, 2.05) is 11.0 Å². The summed E-state index contributed by atoms with van der Waals surface area (Å²) >= 11 is 1.70. The zero-order valence-corrected chi connectivity index (χ0v) is 14.0. The third-order valence-electron chi connectivity index (χ3n) is 4.39. The number of amides is 1. The minimum absolute atomic E-state index is 0.00257. The van der Waals surface area contributed by atoms with Crippen LogP contribution in [0, 0.1) is 5.41 Å². The van der Waals surface area contributed by atoms with Crippen LogP contribution in [0.1, 0.15) is 35.1 Å². The summed E-state index contributed by atoms with van der Waals surface area (Å²) < 4.78 is 1.60. The molecule has 23 heavy (non-hydrogen) atoms. The number of thiophene rings is 1. The first-order valence-corrected chi connectivity index (χ1v) is 8.35. The lowest BCUT2D eigenvalue weighted by Crippen LogP contribution is -2.57. The van der Waals surface area contributed by atoms with Gasteiger partial charge in [-0.2, -0.15) is 0 Å². The molecule has 1 unspecified atom stereocenters. The van der Waals surface area contributed by atoms with Gasteiger partial charge in [-0.1, -0.05) is 25.1 Å². The highest BCUT2D eigenvalue weighted by molar-refractivity contribution is 7.10. The van der Waals surface area contributed by atoms with Crippen LogP contribution in [0.5, 0.6) is 0 Å². The summed E-state index contributed by atoms with van der Waals surface area (Å²) in [5.41, 5.74) is 1.98. The maximum Gasteiger partial charge on any atom is 0.256 e. The second kappa shape index (κ2) is 4.86. The fourth-order valence-corrected chi connectivity index (χ4v) is 4.36. The monoisotopic (exact) mass is 327 g/mol. The normalized spacial score (nSPS) is 19.8. The Morgan fingerprint density at radius 3 is 2.96 bits per heavy atom. The molecule has 3 aromatic heterocycles. The Morgan fingerprint density at radius 2 is 2.26 bits per heavy atom. The maximum atomic E-state index is 12.9. The standard InChI is InChI=1S/C16H17N5OS/c1-16(2)9-21(13(16)12-5-4-6-23-12)15(22)10-7-11-14(17-8-10)20(3)19-18-11/h4-8,13H,9H2,1-3H3. The van der Waals surface area contributed by atoms with Crippen LogP contribution in [0.25, 0.3) is 11.2 Å². The Labute approximate surface area is 137 Å². The Hall–Kier alpha value is -2.28. The van der Waals surface area contributed by atoms with Gasteiger partial charge in [0, 0.05) is 30.1 Å². The summed E-state index contributed by atoms with van der Waals surface area (Å²) in [6, 6.07) is 6.02. The summed E-state index contributed by atoms with van der Waals surface area (Å²) in [4.78, 5) is 20.4. The molecule has 1 saturated heterocycles. The van der Waals surface area contributed by atoms with E-state index in [2.05, 4.69) is 40.6 Å². The Balaban J connectivity index is 1.67. The highest BCUT2D eigenvalue weighted by atomic mass is 32.1. The number of aryl methyl sites for hydroxylation is 1. The van der Waals surface area contributed by atoms with Crippen molar-refractivity contribution in [1.82, 2.24) is 24.9 Å². The number of pyridine rings is 1. The van der Waals surface area contributed by atoms with Crippen LogP contribution < -0.4 is 0 Å². The van der Waals surface area contributed by atoms with E-state index in [-0.39, 0.29) is 17.4 Å². The average molecular weight is 327 g/mol. The molecule has 0 aromatic carbocycles. The molecule has 0 N–H and O–H groups in total. The Bertz CT molecular complexity index is 883. The third-order valence-corrected chi connectivity index (χ3v) is 5.32. The molecule has 0 saturated carbocycles. The van der Waals surface area contributed by atoms with Gasteiger partial charge < -0.3 is 4.90 Å². The van der Waals surface area contributed by atoms with Gasteiger partial charge in [-0.15, -0.1) is 16.4 Å². The molecule has 7 heteroatoms. The van der Waals surface area contributed by atoms with Gasteiger partial charge in [0.2, 0.25) is 0 Å². The molecule has 0 bridgehead atoms. The molecule has 1 atom stereocenters. The third kappa shape index (κ3) is 2.15. The van der Waals surface area contributed by atoms with Crippen molar-refractivity contribution in [3.8, 4) is 0 Å². The Morgan fingerprint density at radius 1 is 1.43 bits per heavy atom. The lowest BCUT2D eigenvalue weighted by atomic mass is 9.74. The van der Waals surface area contributed by atoms with Crippen molar-refractivity contribution in [2.45, 2.75) is 19.9 Å². The average Bonchev–Trinajstić information content (AvgIpc) is 3.14. The lowest BCUT2D eigenvalue weighted by Gasteiger charge is -2.54. The summed E-state index contributed by atoms with van der Waals surface area (Å²) in [7, 11) is 1.79. The van der Waals surface area contributed by atoms with E-state index in [0.717, 1.165) is 6.54 Å². The van der Waals surface area contributed by atoms with Gasteiger partial charge in [-0.25, -0.2) is 9.67 Å². The van der Waals surface area contributed by atoms with E-state index in [4.69, 9.17) is 0 Å². The van der Waals surface area contributed by atoms with Crippen molar-refractivity contribution in [1.29, 1.82) is 0 Å². The highest BCUT2D eigenvalue weighted by Crippen LogP contribution is 2.50. The minimum Gasteiger partial charge on any atom is -0.330 e. The van der Waals surface area contributed by atoms with E-state index in [1.54, 1.807) is 35.3 Å². The van der Waals surface area contributed by atoms with Gasteiger partial charge >= 0.3 is 0 Å². The molecule has 0 radical (unpaired) electrons. The van der Waals surface area contributed by atoms with Crippen molar-refractivity contribution >= 4 is 28.4 Å². The van der Waals surface area contributed by atoms with Crippen LogP contribution in [0.15, 0.2) is 29.8 Å². The van der Waals surface area contributed by atoms with Crippen LogP contribution in [0.3, 0.4) is 0 Å². The largest absolute Gasteiger partial charge is 0.330 e. The SMILES string of the molecule is Cn1nnc2cc(C(=O)N3CC(C)(C)C3c3cccs3)cnc21. The van der Waals surface area contributed by atoms with Gasteiger partial charge in [-0.05, 0) is 17.5 Å². The second-order valence-corrected chi connectivity index (χ2v) is 7.60. The van der Waals surface area contributed by atoms with Crippen LogP contribution >= 0.6 is 11.3 Å². The van der Waals surface area contributed by atoms with Crippen LogP contribution in [0.2, 0.25) is 0 Å². The molecule has 1 aliphatic rings. The van der Waals surface area contributed by atoms with E-state index < -0.39 is 0 Å². The van der Waals surface area contributed by atoms with Crippen molar-refractivity contribution in [3.05, 3.63) is 40.2 Å². The first kappa shape index (κ1) is 14.3. The van der Waals surface area contributed by atoms with E-state index in [1.165, 1.54) is 4.88 Å². The van der Waals surface area contributed by atoms with Gasteiger partial charge in [-0.3, -0.25) is 4.79 Å². The number of fused-ring (bicyclic) bond motifs is 1. The molecule has 4 rings (SSSR count). The summed E-state index contributed by atoms with van der Waals surface area (Å²) in [5.74, 6) is 0.00257. The lowest BCUT2D eigenvalue weighted by molar-refractivity contribution is -0.0305. The molecule has 118 valence electrons. The minimum atomic E-state index is 0.00257. The first-order chi connectivity index (χ1) is 11.0. The van der Waals surface area contributed by atoms with E-state index in [9.17, 15) is 4.79 Å². The molecular formula is C16H17N5OS. The molecule has 0 aliphatic carbocycles. The second-order valence-electron chi connectivity index (χ2n) is 6.62. The van der Waals surface area contributed by atoms with Crippen LogP contribution in [-0.2, 0) is 7.05 Å². The smallest absolute Gasteiger partial charge is 0.256 e. The molecule has 6 nitrogen and oxygen atoms in total. The molecule has 3 aromatic rings. The molecular weight excluding hydrogens is 310 g/mol. The summed E-state index contributed by atoms with van der Waals surface area (Å²) in [6.45, 7) is 5.14. The molecule has 1 amide bonds. The zero-order chi connectivity index (χ0) is 16.2.